The van der Waals surface area contributed by atoms with Crippen LogP contribution in [0.25, 0.3) is 0 Å². The predicted molar refractivity (Wildman–Crippen MR) is 196 cm³/mol. The molecule has 1 saturated carbocycles. The molecule has 2 N–H and O–H groups in total. The number of aliphatic hydroxyl groups is 1. The molecule has 2 fully saturated rings. The summed E-state index contributed by atoms with van der Waals surface area (Å²) in [6.45, 7) is 6.75. The van der Waals surface area contributed by atoms with Gasteiger partial charge in [-0.1, -0.05) is 42.5 Å². The Morgan fingerprint density at radius 1 is 1.10 bits per heavy atom. The van der Waals surface area contributed by atoms with Gasteiger partial charge in [-0.25, -0.2) is 13.1 Å². The largest absolute Gasteiger partial charge is 0.490 e. The topological polar surface area (TPSA) is 105 Å². The van der Waals surface area contributed by atoms with Gasteiger partial charge >= 0.3 is 0 Å². The van der Waals surface area contributed by atoms with Crippen LogP contribution < -0.4 is 14.4 Å². The molecule has 3 heterocycles. The van der Waals surface area contributed by atoms with Crippen LogP contribution in [0.15, 0.2) is 48.6 Å². The van der Waals surface area contributed by atoms with Crippen LogP contribution in [0.3, 0.4) is 0 Å². The van der Waals surface area contributed by atoms with Crippen molar-refractivity contribution in [2.24, 2.45) is 23.7 Å². The van der Waals surface area contributed by atoms with Crippen molar-refractivity contribution < 1.29 is 27.8 Å². The van der Waals surface area contributed by atoms with Crippen molar-refractivity contribution in [1.29, 1.82) is 0 Å². The van der Waals surface area contributed by atoms with Gasteiger partial charge in [0.15, 0.2) is 0 Å². The third-order valence-electron chi connectivity index (χ3n) is 12.2. The second-order valence-corrected chi connectivity index (χ2v) is 17.9. The molecule has 2 aromatic carbocycles. The fourth-order valence-corrected chi connectivity index (χ4v) is 10.2. The first-order chi connectivity index (χ1) is 24.0. The van der Waals surface area contributed by atoms with Crippen molar-refractivity contribution in [1.82, 2.24) is 4.72 Å². The molecule has 10 heteroatoms. The Bertz CT molecular complexity index is 1810. The number of carbonyl (C=O) groups excluding carboxylic acids is 1. The van der Waals surface area contributed by atoms with E-state index in [0.29, 0.717) is 44.2 Å². The zero-order valence-electron chi connectivity index (χ0n) is 29.1. The number of anilines is 1. The highest BCUT2D eigenvalue weighted by Gasteiger charge is 2.48. The van der Waals surface area contributed by atoms with Crippen LogP contribution in [-0.4, -0.2) is 63.2 Å². The molecule has 268 valence electrons. The van der Waals surface area contributed by atoms with Gasteiger partial charge in [0, 0.05) is 54.6 Å². The van der Waals surface area contributed by atoms with Crippen LogP contribution in [0.2, 0.25) is 5.02 Å². The zero-order chi connectivity index (χ0) is 35.1. The number of nitrogens with zero attached hydrogens (tertiary/aromatic N) is 1. The highest BCUT2D eigenvalue weighted by Crippen LogP contribution is 2.48. The highest BCUT2D eigenvalue weighted by molar-refractivity contribution is 7.90. The molecule has 0 unspecified atom stereocenters. The van der Waals surface area contributed by atoms with Gasteiger partial charge in [-0.2, -0.15) is 0 Å². The minimum Gasteiger partial charge on any atom is -0.490 e. The first kappa shape index (κ1) is 35.4. The molecule has 1 amide bonds. The van der Waals surface area contributed by atoms with Gasteiger partial charge in [0.05, 0.1) is 17.5 Å². The van der Waals surface area contributed by atoms with Crippen LogP contribution >= 0.6 is 11.6 Å². The first-order valence-corrected chi connectivity index (χ1v) is 20.2. The van der Waals surface area contributed by atoms with Crippen LogP contribution in [0.5, 0.6) is 5.75 Å². The van der Waals surface area contributed by atoms with Crippen LogP contribution in [0.1, 0.15) is 86.7 Å². The van der Waals surface area contributed by atoms with E-state index in [4.69, 9.17) is 21.1 Å². The second-order valence-electron chi connectivity index (χ2n) is 15.4. The molecular weight excluding hydrogens is 672 g/mol. The van der Waals surface area contributed by atoms with Crippen molar-refractivity contribution in [3.8, 4) is 17.6 Å². The summed E-state index contributed by atoms with van der Waals surface area (Å²) in [6, 6.07) is 11.4. The van der Waals surface area contributed by atoms with E-state index < -0.39 is 26.8 Å². The maximum atomic E-state index is 13.5. The number of benzene rings is 2. The SMILES string of the molecule is C[C@@H]1[C@@H](C)C/C=C\[C@](O)(C#CCC2CCOCC2)[C@@H]2CC[C@H]2CN2C[C@@]3(CCCc4cc(Cl)ccc43)COc3ccc(cc32)C(=O)NS1(=O)=O. The number of rotatable bonds is 1. The highest BCUT2D eigenvalue weighted by atomic mass is 35.5. The minimum absolute atomic E-state index is 0.0993. The molecule has 0 radical (unpaired) electrons. The Balaban J connectivity index is 1.29. The summed E-state index contributed by atoms with van der Waals surface area (Å²) in [7, 11) is -3.99. The average Bonchev–Trinajstić information content (AvgIpc) is 3.22. The zero-order valence-corrected chi connectivity index (χ0v) is 30.7. The number of nitrogens with one attached hydrogen (secondary N) is 1. The summed E-state index contributed by atoms with van der Waals surface area (Å²) in [5.74, 6) is 6.90. The van der Waals surface area contributed by atoms with Gasteiger partial charge in [0.25, 0.3) is 5.91 Å². The molecule has 3 aliphatic heterocycles. The van der Waals surface area contributed by atoms with Gasteiger partial charge in [0.1, 0.15) is 11.4 Å². The Morgan fingerprint density at radius 2 is 1.92 bits per heavy atom. The van der Waals surface area contributed by atoms with Gasteiger partial charge in [-0.05, 0) is 124 Å². The number of carbonyl (C=O) groups is 1. The molecule has 6 atom stereocenters. The number of allylic oxidation sites excluding steroid dienone is 1. The molecule has 50 heavy (non-hydrogen) atoms. The van der Waals surface area contributed by atoms with Crippen molar-refractivity contribution in [2.45, 2.75) is 87.9 Å². The normalized spacial score (nSPS) is 33.3. The third-order valence-corrected chi connectivity index (χ3v) is 14.3. The standard InChI is InChI=1S/C40H49ClN2O6S/c1-27-6-3-18-40(45,19-4-7-29-15-20-48-21-16-29)35-12-9-32(35)24-43-25-39(17-5-8-30-22-33(41)11-13-34(30)39)26-49-37-14-10-31(23-36(37)43)38(44)42-50(46,47)28(27)2/h3,10-11,13-14,18,22-23,27-29,32,35,45H,5-9,12,15-17,20-21,24-26H2,1-2H3,(H,42,44)/b18-3-/t27-,28+,32-,35+,39-,40-/m0/s1. The average molecular weight is 721 g/mol. The lowest BCUT2D eigenvalue weighted by Gasteiger charge is -2.47. The number of amides is 1. The molecule has 2 bridgehead atoms. The van der Waals surface area contributed by atoms with E-state index in [9.17, 15) is 18.3 Å². The fraction of sp³-hybridized carbons (Fsp3) is 0.575. The molecule has 1 saturated heterocycles. The summed E-state index contributed by atoms with van der Waals surface area (Å²) in [6.07, 6.45) is 11.5. The molecule has 1 spiro atoms. The summed E-state index contributed by atoms with van der Waals surface area (Å²) in [4.78, 5) is 15.9. The summed E-state index contributed by atoms with van der Waals surface area (Å²) >= 11 is 6.45. The molecule has 8 nitrogen and oxygen atoms in total. The van der Waals surface area contributed by atoms with E-state index in [2.05, 4.69) is 33.6 Å². The molecule has 5 aliphatic rings. The lowest BCUT2D eigenvalue weighted by atomic mass is 9.64. The van der Waals surface area contributed by atoms with Gasteiger partial charge in [-0.15, -0.1) is 0 Å². The summed E-state index contributed by atoms with van der Waals surface area (Å²) < 4.78 is 41.4. The number of fused-ring (bicyclic) bond motifs is 4. The Hall–Kier alpha value is -3.03. The van der Waals surface area contributed by atoms with Crippen molar-refractivity contribution >= 4 is 33.2 Å². The number of sulfonamides is 1. The van der Waals surface area contributed by atoms with Crippen molar-refractivity contribution in [3.63, 3.8) is 0 Å². The number of halogens is 1. The number of hydrogen-bond acceptors (Lipinski definition) is 7. The molecule has 2 aliphatic carbocycles. The maximum Gasteiger partial charge on any atom is 0.264 e. The van der Waals surface area contributed by atoms with E-state index in [-0.39, 0.29) is 28.7 Å². The quantitative estimate of drug-likeness (QED) is 0.258. The van der Waals surface area contributed by atoms with Gasteiger partial charge in [-0.3, -0.25) is 4.79 Å². The van der Waals surface area contributed by atoms with E-state index in [1.807, 2.05) is 25.1 Å². The van der Waals surface area contributed by atoms with Crippen LogP contribution in [-0.2, 0) is 26.6 Å². The van der Waals surface area contributed by atoms with E-state index in [0.717, 1.165) is 68.9 Å². The lowest BCUT2D eigenvalue weighted by Crippen LogP contribution is -2.52. The maximum absolute atomic E-state index is 13.5. The molecule has 0 aromatic heterocycles. The minimum atomic E-state index is -3.99. The predicted octanol–water partition coefficient (Wildman–Crippen LogP) is 6.43. The monoisotopic (exact) mass is 720 g/mol. The molecule has 2 aromatic rings. The second kappa shape index (κ2) is 14.2. The van der Waals surface area contributed by atoms with Crippen molar-refractivity contribution in [2.75, 3.05) is 37.8 Å². The summed E-state index contributed by atoms with van der Waals surface area (Å²) in [5, 5.41) is 12.3. The summed E-state index contributed by atoms with van der Waals surface area (Å²) in [5.41, 5.74) is 1.84. The Labute approximate surface area is 302 Å². The van der Waals surface area contributed by atoms with E-state index >= 15 is 0 Å². The van der Waals surface area contributed by atoms with Gasteiger partial charge < -0.3 is 19.5 Å². The number of ether oxygens (including phenoxy) is 2. The van der Waals surface area contributed by atoms with E-state index in [1.54, 1.807) is 25.1 Å². The molecule has 7 rings (SSSR count). The van der Waals surface area contributed by atoms with E-state index in [1.165, 1.54) is 11.1 Å². The Morgan fingerprint density at radius 3 is 2.70 bits per heavy atom. The number of hydrogen-bond donors (Lipinski definition) is 2. The van der Waals surface area contributed by atoms with Gasteiger partial charge in [0.2, 0.25) is 10.0 Å². The first-order valence-electron chi connectivity index (χ1n) is 18.3. The van der Waals surface area contributed by atoms with Crippen LogP contribution in [0.4, 0.5) is 5.69 Å². The number of aryl methyl sites for hydroxylation is 1. The fourth-order valence-electron chi connectivity index (χ4n) is 8.69. The Kier molecular flexibility index (Phi) is 10.0. The van der Waals surface area contributed by atoms with Crippen LogP contribution in [0, 0.1) is 35.5 Å². The lowest BCUT2D eigenvalue weighted by molar-refractivity contribution is -0.00331. The third kappa shape index (κ3) is 7.06. The molecular formula is C40H49ClN2O6S. The smallest absolute Gasteiger partial charge is 0.264 e. The van der Waals surface area contributed by atoms with Crippen molar-refractivity contribution in [3.05, 3.63) is 70.3 Å².